The minimum Gasteiger partial charge on any atom is -0.461 e. The Morgan fingerprint density at radius 2 is 1.82 bits per heavy atom. The van der Waals surface area contributed by atoms with Gasteiger partial charge in [-0.25, -0.2) is 9.49 Å². The summed E-state index contributed by atoms with van der Waals surface area (Å²) in [6.45, 7) is 5.01. The number of nitrogens with zero attached hydrogens (tertiary/aromatic N) is 3. The predicted molar refractivity (Wildman–Crippen MR) is 200 cm³/mol. The van der Waals surface area contributed by atoms with E-state index in [9.17, 15) is 28.4 Å². The number of hydrogen-bond acceptors (Lipinski definition) is 10. The first kappa shape index (κ1) is 38.2. The van der Waals surface area contributed by atoms with Gasteiger partial charge >= 0.3 is 5.97 Å². The van der Waals surface area contributed by atoms with Crippen LogP contribution in [0.1, 0.15) is 47.8 Å². The summed E-state index contributed by atoms with van der Waals surface area (Å²) >= 11 is 0. The summed E-state index contributed by atoms with van der Waals surface area (Å²) in [6, 6.07) is 11.5. The van der Waals surface area contributed by atoms with Crippen molar-refractivity contribution in [1.29, 1.82) is 0 Å². The second-order valence-corrected chi connectivity index (χ2v) is 14.9. The molecule has 1 aromatic heterocycles. The highest BCUT2D eigenvalue weighted by Crippen LogP contribution is 2.52. The number of nitrogens with one attached hydrogen (secondary N) is 2. The topological polar surface area (TPSA) is 160 Å². The maximum absolute atomic E-state index is 14.9. The molecule has 7 rings (SSSR count). The lowest BCUT2D eigenvalue weighted by Crippen LogP contribution is -2.51. The number of carbonyl (C=O) groups excluding carboxylic acids is 4. The first-order chi connectivity index (χ1) is 26.6. The number of halogens is 1. The van der Waals surface area contributed by atoms with E-state index in [1.54, 1.807) is 29.2 Å². The fourth-order valence-corrected chi connectivity index (χ4v) is 8.30. The van der Waals surface area contributed by atoms with Crippen molar-refractivity contribution in [2.45, 2.75) is 38.7 Å². The molecule has 2 amide bonds. The van der Waals surface area contributed by atoms with E-state index >= 15 is 0 Å². The van der Waals surface area contributed by atoms with E-state index < -0.39 is 11.7 Å². The molecule has 2 fully saturated rings. The van der Waals surface area contributed by atoms with Gasteiger partial charge in [-0.1, -0.05) is 43.3 Å². The Hall–Kier alpha value is -5.05. The molecule has 2 N–H and O–H groups in total. The summed E-state index contributed by atoms with van der Waals surface area (Å²) in [6.07, 6.45) is 7.64. The third-order valence-corrected chi connectivity index (χ3v) is 11.3. The first-order valence-corrected chi connectivity index (χ1v) is 18.9. The Balaban J connectivity index is 0.791. The van der Waals surface area contributed by atoms with E-state index in [4.69, 9.17) is 14.2 Å². The van der Waals surface area contributed by atoms with Crippen molar-refractivity contribution in [3.8, 4) is 0 Å². The van der Waals surface area contributed by atoms with Crippen LogP contribution >= 0.6 is 0 Å². The van der Waals surface area contributed by atoms with Gasteiger partial charge in [0.1, 0.15) is 24.8 Å². The van der Waals surface area contributed by atoms with Crippen molar-refractivity contribution in [1.82, 2.24) is 25.3 Å². The maximum atomic E-state index is 14.9. The number of rotatable bonds is 14. The molecule has 2 aromatic carbocycles. The predicted octanol–water partition coefficient (Wildman–Crippen LogP) is 2.97. The zero-order chi connectivity index (χ0) is 38.5. The molecule has 0 bridgehead atoms. The fourth-order valence-electron chi connectivity index (χ4n) is 8.30. The van der Waals surface area contributed by atoms with Crippen LogP contribution in [0.25, 0.3) is 10.8 Å². The highest BCUT2D eigenvalue weighted by atomic mass is 19.1. The molecule has 0 spiro atoms. The first-order valence-electron chi connectivity index (χ1n) is 18.9. The SMILES string of the molecule is C[C@]12CCC=C(C=O)C1=CC1C(C2)OC(=O)C1CNCCOCCOCC(=O)N1CCN(C(=O)c2cc(Cc3n[nH]c(=O)c4ccccc34)ccc2F)CC1. The molecule has 13 nitrogen and oxygen atoms in total. The smallest absolute Gasteiger partial charge is 0.311 e. The zero-order valence-electron chi connectivity index (χ0n) is 30.9. The van der Waals surface area contributed by atoms with Gasteiger partial charge in [0.2, 0.25) is 5.91 Å². The van der Waals surface area contributed by atoms with Gasteiger partial charge in [-0.3, -0.25) is 24.0 Å². The lowest BCUT2D eigenvalue weighted by molar-refractivity contribution is -0.145. The Labute approximate surface area is 317 Å². The van der Waals surface area contributed by atoms with Crippen molar-refractivity contribution >= 4 is 34.8 Å². The lowest BCUT2D eigenvalue weighted by atomic mass is 9.62. The van der Waals surface area contributed by atoms with Crippen LogP contribution in [0.15, 0.2) is 70.6 Å². The Kier molecular flexibility index (Phi) is 11.6. The second-order valence-electron chi connectivity index (χ2n) is 14.9. The summed E-state index contributed by atoms with van der Waals surface area (Å²) in [5.41, 5.74) is 2.56. The van der Waals surface area contributed by atoms with Gasteiger partial charge in [0.25, 0.3) is 11.5 Å². The van der Waals surface area contributed by atoms with Gasteiger partial charge in [-0.2, -0.15) is 5.10 Å². The third-order valence-electron chi connectivity index (χ3n) is 11.3. The van der Waals surface area contributed by atoms with Crippen LogP contribution in [0.3, 0.4) is 0 Å². The summed E-state index contributed by atoms with van der Waals surface area (Å²) in [4.78, 5) is 65.9. The summed E-state index contributed by atoms with van der Waals surface area (Å²) in [7, 11) is 0. The highest BCUT2D eigenvalue weighted by Gasteiger charge is 2.51. The van der Waals surface area contributed by atoms with Crippen molar-refractivity contribution in [3.05, 3.63) is 98.8 Å². The molecule has 290 valence electrons. The van der Waals surface area contributed by atoms with Gasteiger partial charge in [0.15, 0.2) is 0 Å². The van der Waals surface area contributed by atoms with Crippen LogP contribution in [-0.4, -0.2) is 116 Å². The van der Waals surface area contributed by atoms with E-state index in [0.29, 0.717) is 61.2 Å². The maximum Gasteiger partial charge on any atom is 0.311 e. The molecule has 0 saturated carbocycles. The van der Waals surface area contributed by atoms with Crippen LogP contribution in [-0.2, 0) is 35.0 Å². The fraction of sp³-hybridized carbons (Fsp3) is 0.463. The number of aromatic amines is 1. The number of aldehydes is 1. The average Bonchev–Trinajstić information content (AvgIpc) is 3.49. The molecular weight excluding hydrogens is 709 g/mol. The van der Waals surface area contributed by atoms with E-state index in [1.807, 2.05) is 12.1 Å². The van der Waals surface area contributed by atoms with Crippen LogP contribution in [0.5, 0.6) is 0 Å². The Bertz CT molecular complexity index is 2070. The number of hydrogen-bond donors (Lipinski definition) is 2. The van der Waals surface area contributed by atoms with Crippen LogP contribution in [0.4, 0.5) is 4.39 Å². The average molecular weight is 756 g/mol. The molecule has 14 heteroatoms. The number of esters is 1. The molecule has 3 heterocycles. The number of carbonyl (C=O) groups is 4. The molecule has 3 aromatic rings. The molecule has 2 saturated heterocycles. The second kappa shape index (κ2) is 16.8. The number of fused-ring (bicyclic) bond motifs is 3. The summed E-state index contributed by atoms with van der Waals surface area (Å²) < 4.78 is 31.9. The van der Waals surface area contributed by atoms with Crippen molar-refractivity contribution < 1.29 is 37.8 Å². The third kappa shape index (κ3) is 8.31. The quantitative estimate of drug-likeness (QED) is 0.142. The number of ether oxygens (including phenoxy) is 3. The van der Waals surface area contributed by atoms with Gasteiger partial charge in [-0.05, 0) is 54.0 Å². The van der Waals surface area contributed by atoms with E-state index in [1.165, 1.54) is 17.0 Å². The van der Waals surface area contributed by atoms with Crippen molar-refractivity contribution in [2.75, 3.05) is 65.7 Å². The van der Waals surface area contributed by atoms with Crippen LogP contribution < -0.4 is 10.9 Å². The summed E-state index contributed by atoms with van der Waals surface area (Å²) in [5.74, 6) is -1.89. The molecular formula is C41H46FN5O8. The number of allylic oxidation sites excluding steroid dienone is 3. The molecule has 4 atom stereocenters. The van der Waals surface area contributed by atoms with Crippen LogP contribution in [0.2, 0.25) is 0 Å². The minimum atomic E-state index is -0.633. The van der Waals surface area contributed by atoms with E-state index in [0.717, 1.165) is 36.7 Å². The van der Waals surface area contributed by atoms with Crippen molar-refractivity contribution in [3.63, 3.8) is 0 Å². The van der Waals surface area contributed by atoms with E-state index in [2.05, 4.69) is 28.5 Å². The normalized spacial score (nSPS) is 23.5. The molecule has 2 aliphatic heterocycles. The van der Waals surface area contributed by atoms with Crippen LogP contribution in [0, 0.1) is 23.1 Å². The van der Waals surface area contributed by atoms with E-state index in [-0.39, 0.29) is 79.3 Å². The molecule has 0 radical (unpaired) electrons. The Morgan fingerprint density at radius 1 is 1.05 bits per heavy atom. The van der Waals surface area contributed by atoms with Gasteiger partial charge < -0.3 is 29.3 Å². The lowest BCUT2D eigenvalue weighted by Gasteiger charge is -2.42. The number of benzene rings is 2. The monoisotopic (exact) mass is 755 g/mol. The zero-order valence-corrected chi connectivity index (χ0v) is 30.9. The van der Waals surface area contributed by atoms with Gasteiger partial charge in [0.05, 0.1) is 42.4 Å². The number of aromatic nitrogens is 2. The van der Waals surface area contributed by atoms with Gasteiger partial charge in [0, 0.05) is 62.6 Å². The standard InChI is InChI=1S/C41H46FN5O8/c1-41-10-4-5-27(24-48)33(41)21-30-32(40(52)55-36(30)22-41)23-43-11-16-53-17-18-54-25-37(49)46-12-14-47(15-13-46)39(51)31-19-26(8-9-34(31)42)20-35-28-6-2-3-7-29(28)38(50)45-44-35/h2-3,5-9,19,21,24,30,32,36,43H,4,10-18,20,22-23,25H2,1H3,(H,45,50)/t30?,32?,36?,41-/m1/s1. The van der Waals surface area contributed by atoms with Crippen molar-refractivity contribution in [2.24, 2.45) is 17.3 Å². The molecule has 55 heavy (non-hydrogen) atoms. The number of H-pyrrole nitrogens is 1. The van der Waals surface area contributed by atoms with Gasteiger partial charge in [-0.15, -0.1) is 0 Å². The largest absolute Gasteiger partial charge is 0.461 e. The minimum absolute atomic E-state index is 0.0558. The molecule has 4 aliphatic rings. The number of amides is 2. The highest BCUT2D eigenvalue weighted by molar-refractivity contribution is 5.95. The molecule has 3 unspecified atom stereocenters. The Morgan fingerprint density at radius 3 is 2.62 bits per heavy atom. The molecule has 2 aliphatic carbocycles. The number of piperazine rings is 1. The summed E-state index contributed by atoms with van der Waals surface area (Å²) in [5, 5.41) is 11.2.